The molecule has 0 bridgehead atoms. The molecule has 1 heterocycles. The number of aromatic nitrogens is 3. The van der Waals surface area contributed by atoms with Crippen LogP contribution in [0.1, 0.15) is 54.5 Å². The highest BCUT2D eigenvalue weighted by molar-refractivity contribution is 5.90. The van der Waals surface area contributed by atoms with Crippen molar-refractivity contribution in [2.45, 2.75) is 32.7 Å². The molecule has 4 N–H and O–H groups in total. The predicted octanol–water partition coefficient (Wildman–Crippen LogP) is 2.00. The number of H-pyrrole nitrogens is 1. The molecule has 106 valence electrons. The number of nitrogens with two attached hydrogens (primary N) is 1. The van der Waals surface area contributed by atoms with Crippen LogP contribution >= 0.6 is 0 Å². The van der Waals surface area contributed by atoms with Crippen molar-refractivity contribution in [2.75, 3.05) is 5.73 Å². The van der Waals surface area contributed by atoms with Crippen LogP contribution in [0, 0.1) is 0 Å². The van der Waals surface area contributed by atoms with E-state index in [1.54, 1.807) is 0 Å². The molecule has 20 heavy (non-hydrogen) atoms. The summed E-state index contributed by atoms with van der Waals surface area (Å²) >= 11 is 0. The van der Waals surface area contributed by atoms with Gasteiger partial charge in [-0.2, -0.15) is 4.98 Å². The summed E-state index contributed by atoms with van der Waals surface area (Å²) in [6, 6.07) is 8.09. The van der Waals surface area contributed by atoms with E-state index >= 15 is 0 Å². The lowest BCUT2D eigenvalue weighted by molar-refractivity contribution is 0.0930. The Bertz CT molecular complexity index is 588. The molecule has 0 saturated carbocycles. The smallest absolute Gasteiger partial charge is 0.289 e. The molecule has 0 spiro atoms. The maximum atomic E-state index is 11.9. The quantitative estimate of drug-likeness (QED) is 0.793. The Morgan fingerprint density at radius 3 is 2.30 bits per heavy atom. The molecule has 6 nitrogen and oxygen atoms in total. The number of hydrogen-bond acceptors (Lipinski definition) is 4. The first-order valence-electron chi connectivity index (χ1n) is 6.56. The van der Waals surface area contributed by atoms with Gasteiger partial charge in [-0.3, -0.25) is 9.89 Å². The summed E-state index contributed by atoms with van der Waals surface area (Å²) in [5.74, 6) is 0.345. The summed E-state index contributed by atoms with van der Waals surface area (Å²) in [5.41, 5.74) is 7.68. The van der Waals surface area contributed by atoms with E-state index in [1.165, 1.54) is 5.56 Å². The summed E-state index contributed by atoms with van der Waals surface area (Å²) in [4.78, 5) is 15.7. The molecule has 0 saturated heterocycles. The Balaban J connectivity index is 2.04. The average molecular weight is 273 g/mol. The first kappa shape index (κ1) is 14.0. The molecule has 0 aliphatic rings. The Kier molecular flexibility index (Phi) is 4.02. The topological polar surface area (TPSA) is 96.7 Å². The van der Waals surface area contributed by atoms with Gasteiger partial charge in [0.2, 0.25) is 11.8 Å². The van der Waals surface area contributed by atoms with Crippen molar-refractivity contribution in [3.05, 3.63) is 41.2 Å². The second-order valence-electron chi connectivity index (χ2n) is 5.06. The van der Waals surface area contributed by atoms with Gasteiger partial charge in [-0.25, -0.2) is 0 Å². The third kappa shape index (κ3) is 3.14. The van der Waals surface area contributed by atoms with Gasteiger partial charge in [-0.05, 0) is 24.0 Å². The van der Waals surface area contributed by atoms with Crippen molar-refractivity contribution >= 4 is 11.9 Å². The van der Waals surface area contributed by atoms with E-state index in [0.717, 1.165) is 5.56 Å². The molecule has 1 unspecified atom stereocenters. The second-order valence-corrected chi connectivity index (χ2v) is 5.06. The highest BCUT2D eigenvalue weighted by Gasteiger charge is 2.14. The summed E-state index contributed by atoms with van der Waals surface area (Å²) in [6.07, 6.45) is 0. The number of carbonyl (C=O) groups is 1. The number of hydrogen-bond donors (Lipinski definition) is 3. The van der Waals surface area contributed by atoms with Crippen LogP contribution < -0.4 is 11.1 Å². The fraction of sp³-hybridized carbons (Fsp3) is 0.357. The van der Waals surface area contributed by atoms with Crippen LogP contribution in [0.2, 0.25) is 0 Å². The fourth-order valence-electron chi connectivity index (χ4n) is 1.89. The van der Waals surface area contributed by atoms with E-state index in [-0.39, 0.29) is 23.7 Å². The van der Waals surface area contributed by atoms with E-state index in [0.29, 0.717) is 5.92 Å². The Morgan fingerprint density at radius 1 is 1.20 bits per heavy atom. The largest absolute Gasteiger partial charge is 0.366 e. The Labute approximate surface area is 117 Å². The second kappa shape index (κ2) is 5.73. The predicted molar refractivity (Wildman–Crippen MR) is 77.2 cm³/mol. The molecular weight excluding hydrogens is 254 g/mol. The van der Waals surface area contributed by atoms with Crippen molar-refractivity contribution in [3.8, 4) is 0 Å². The summed E-state index contributed by atoms with van der Waals surface area (Å²) < 4.78 is 0. The lowest BCUT2D eigenvalue weighted by atomic mass is 9.99. The highest BCUT2D eigenvalue weighted by Crippen LogP contribution is 2.18. The number of nitrogens with zero attached hydrogens (tertiary/aromatic N) is 2. The summed E-state index contributed by atoms with van der Waals surface area (Å²) in [6.45, 7) is 6.21. The highest BCUT2D eigenvalue weighted by atomic mass is 16.2. The molecule has 1 atom stereocenters. The minimum absolute atomic E-state index is 0.0593. The molecule has 0 aliphatic heterocycles. The molecule has 2 aromatic rings. The van der Waals surface area contributed by atoms with Gasteiger partial charge in [0.15, 0.2) is 0 Å². The maximum Gasteiger partial charge on any atom is 0.289 e. The molecule has 1 aromatic heterocycles. The van der Waals surface area contributed by atoms with Crippen LogP contribution in [0.15, 0.2) is 24.3 Å². The maximum absolute atomic E-state index is 11.9. The van der Waals surface area contributed by atoms with Crippen molar-refractivity contribution in [1.82, 2.24) is 20.5 Å². The fourth-order valence-corrected chi connectivity index (χ4v) is 1.89. The summed E-state index contributed by atoms with van der Waals surface area (Å²) in [7, 11) is 0. The van der Waals surface area contributed by atoms with E-state index in [2.05, 4.69) is 46.5 Å². The van der Waals surface area contributed by atoms with Crippen LogP contribution in [-0.2, 0) is 0 Å². The van der Waals surface area contributed by atoms with E-state index in [9.17, 15) is 4.79 Å². The minimum atomic E-state index is -0.324. The molecule has 0 radical (unpaired) electrons. The number of carbonyl (C=O) groups excluding carboxylic acids is 1. The minimum Gasteiger partial charge on any atom is -0.366 e. The number of rotatable bonds is 4. The molecule has 2 rings (SSSR count). The van der Waals surface area contributed by atoms with Crippen molar-refractivity contribution in [2.24, 2.45) is 0 Å². The van der Waals surface area contributed by atoms with Gasteiger partial charge in [0.1, 0.15) is 0 Å². The zero-order valence-electron chi connectivity index (χ0n) is 11.8. The number of benzene rings is 1. The molecule has 0 aliphatic carbocycles. The van der Waals surface area contributed by atoms with Crippen molar-refractivity contribution in [3.63, 3.8) is 0 Å². The Hall–Kier alpha value is -2.37. The van der Waals surface area contributed by atoms with Gasteiger partial charge < -0.3 is 11.1 Å². The average Bonchev–Trinajstić information content (AvgIpc) is 2.85. The normalized spacial score (nSPS) is 12.4. The van der Waals surface area contributed by atoms with Gasteiger partial charge in [0.25, 0.3) is 5.91 Å². The van der Waals surface area contributed by atoms with Gasteiger partial charge in [-0.1, -0.05) is 38.1 Å². The van der Waals surface area contributed by atoms with Gasteiger partial charge in [-0.15, -0.1) is 5.10 Å². The van der Waals surface area contributed by atoms with E-state index in [4.69, 9.17) is 5.73 Å². The number of amides is 1. The molecule has 1 aromatic carbocycles. The lowest BCUT2D eigenvalue weighted by Gasteiger charge is -2.14. The van der Waals surface area contributed by atoms with Crippen LogP contribution in [0.4, 0.5) is 5.95 Å². The van der Waals surface area contributed by atoms with Crippen molar-refractivity contribution in [1.29, 1.82) is 0 Å². The van der Waals surface area contributed by atoms with Gasteiger partial charge in [0.05, 0.1) is 6.04 Å². The molecule has 0 fully saturated rings. The first-order chi connectivity index (χ1) is 9.47. The van der Waals surface area contributed by atoms with Crippen LogP contribution in [0.5, 0.6) is 0 Å². The monoisotopic (exact) mass is 273 g/mol. The zero-order valence-corrected chi connectivity index (χ0v) is 11.8. The number of nitrogen functional groups attached to an aromatic ring is 1. The third-order valence-corrected chi connectivity index (χ3v) is 3.17. The number of aromatic amines is 1. The molecular formula is C14H19N5O. The number of anilines is 1. The SMILES string of the molecule is CC(C)c1ccc(C(C)NC(=O)c2nc(N)n[nH]2)cc1. The van der Waals surface area contributed by atoms with E-state index < -0.39 is 0 Å². The van der Waals surface area contributed by atoms with Crippen LogP contribution in [0.25, 0.3) is 0 Å². The standard InChI is InChI=1S/C14H19N5O/c1-8(2)10-4-6-11(7-5-10)9(3)16-13(20)12-17-14(15)19-18-12/h4-9H,1-3H3,(H,16,20)(H3,15,17,18,19). The van der Waals surface area contributed by atoms with Gasteiger partial charge >= 0.3 is 0 Å². The zero-order chi connectivity index (χ0) is 14.7. The Morgan fingerprint density at radius 2 is 1.80 bits per heavy atom. The van der Waals surface area contributed by atoms with Gasteiger partial charge in [0, 0.05) is 0 Å². The molecule has 1 amide bonds. The third-order valence-electron chi connectivity index (χ3n) is 3.17. The van der Waals surface area contributed by atoms with Crippen LogP contribution in [0.3, 0.4) is 0 Å². The molecule has 6 heteroatoms. The van der Waals surface area contributed by atoms with Crippen molar-refractivity contribution < 1.29 is 4.79 Å². The summed E-state index contributed by atoms with van der Waals surface area (Å²) in [5, 5.41) is 8.96. The number of nitrogens with one attached hydrogen (secondary N) is 2. The lowest BCUT2D eigenvalue weighted by Crippen LogP contribution is -2.27. The van der Waals surface area contributed by atoms with E-state index in [1.807, 2.05) is 19.1 Å². The van der Waals surface area contributed by atoms with Crippen LogP contribution in [-0.4, -0.2) is 21.1 Å². The first-order valence-corrected chi connectivity index (χ1v) is 6.56.